The largest absolute Gasteiger partial charge is 0.339 e. The molecule has 1 aliphatic rings. The van der Waals surface area contributed by atoms with Gasteiger partial charge in [-0.05, 0) is 55.0 Å². The molecule has 4 rings (SSSR count). The molecule has 34 heavy (non-hydrogen) atoms. The number of aromatic nitrogens is 2. The van der Waals surface area contributed by atoms with Crippen molar-refractivity contribution in [3.63, 3.8) is 0 Å². The second kappa shape index (κ2) is 10.2. The minimum Gasteiger partial charge on any atom is -0.339 e. The molecule has 2 amide bonds. The monoisotopic (exact) mass is 466 g/mol. The van der Waals surface area contributed by atoms with E-state index in [9.17, 15) is 18.4 Å². The average molecular weight is 467 g/mol. The highest BCUT2D eigenvalue weighted by Gasteiger charge is 2.34. The molecular weight excluding hydrogens is 438 g/mol. The van der Waals surface area contributed by atoms with Crippen LogP contribution in [0.4, 0.5) is 8.78 Å². The Morgan fingerprint density at radius 2 is 1.76 bits per heavy atom. The molecule has 1 saturated heterocycles. The number of piperidine rings is 1. The molecule has 0 radical (unpaired) electrons. The summed E-state index contributed by atoms with van der Waals surface area (Å²) in [4.78, 5) is 29.4. The third-order valence-corrected chi connectivity index (χ3v) is 6.58. The van der Waals surface area contributed by atoms with Gasteiger partial charge in [0, 0.05) is 45.0 Å². The van der Waals surface area contributed by atoms with Crippen molar-refractivity contribution in [1.82, 2.24) is 19.6 Å². The Kier molecular flexibility index (Phi) is 7.05. The van der Waals surface area contributed by atoms with Crippen LogP contribution in [0.25, 0.3) is 0 Å². The minimum absolute atomic E-state index is 0.0718. The van der Waals surface area contributed by atoms with Gasteiger partial charge in [-0.1, -0.05) is 30.3 Å². The Balaban J connectivity index is 1.49. The van der Waals surface area contributed by atoms with E-state index in [1.54, 1.807) is 33.8 Å². The van der Waals surface area contributed by atoms with E-state index in [4.69, 9.17) is 0 Å². The minimum atomic E-state index is -1.03. The summed E-state index contributed by atoms with van der Waals surface area (Å²) in [6, 6.07) is 14.9. The highest BCUT2D eigenvalue weighted by Crippen LogP contribution is 2.28. The maximum atomic E-state index is 13.6. The van der Waals surface area contributed by atoms with Gasteiger partial charge in [-0.2, -0.15) is 5.10 Å². The zero-order valence-corrected chi connectivity index (χ0v) is 19.3. The first-order valence-corrected chi connectivity index (χ1v) is 11.4. The van der Waals surface area contributed by atoms with Gasteiger partial charge in [0.1, 0.15) is 5.69 Å². The van der Waals surface area contributed by atoms with E-state index >= 15 is 0 Å². The molecule has 178 valence electrons. The second-order valence-corrected chi connectivity index (χ2v) is 8.81. The molecule has 8 heteroatoms. The van der Waals surface area contributed by atoms with Crippen molar-refractivity contribution in [3.8, 4) is 0 Å². The third kappa shape index (κ3) is 5.16. The van der Waals surface area contributed by atoms with Gasteiger partial charge in [-0.3, -0.25) is 14.3 Å². The fraction of sp³-hybridized carbons (Fsp3) is 0.346. The van der Waals surface area contributed by atoms with E-state index in [1.807, 2.05) is 37.4 Å². The highest BCUT2D eigenvalue weighted by molar-refractivity contribution is 5.94. The summed E-state index contributed by atoms with van der Waals surface area (Å²) in [5.74, 6) is -2.28. The number of hydrogen-bond donors (Lipinski definition) is 0. The van der Waals surface area contributed by atoms with Gasteiger partial charge in [-0.15, -0.1) is 0 Å². The summed E-state index contributed by atoms with van der Waals surface area (Å²) in [7, 11) is 3.58. The fourth-order valence-electron chi connectivity index (χ4n) is 4.63. The van der Waals surface area contributed by atoms with Crippen molar-refractivity contribution < 1.29 is 18.4 Å². The predicted octanol–water partition coefficient (Wildman–Crippen LogP) is 3.93. The number of aryl methyl sites for hydroxylation is 1. The molecule has 1 aromatic heterocycles. The molecule has 3 aromatic rings. The average Bonchev–Trinajstić information content (AvgIpc) is 3.30. The summed E-state index contributed by atoms with van der Waals surface area (Å²) in [5.41, 5.74) is 1.67. The zero-order chi connectivity index (χ0) is 24.2. The van der Waals surface area contributed by atoms with Crippen LogP contribution in [0.1, 0.15) is 39.3 Å². The maximum absolute atomic E-state index is 13.6. The smallest absolute Gasteiger partial charge is 0.274 e. The van der Waals surface area contributed by atoms with Crippen molar-refractivity contribution in [2.45, 2.75) is 25.3 Å². The van der Waals surface area contributed by atoms with Crippen LogP contribution in [0, 0.1) is 17.6 Å². The molecule has 0 saturated carbocycles. The van der Waals surface area contributed by atoms with Crippen LogP contribution in [0.15, 0.2) is 60.8 Å². The van der Waals surface area contributed by atoms with Crippen LogP contribution in [0.5, 0.6) is 0 Å². The van der Waals surface area contributed by atoms with Crippen molar-refractivity contribution in [3.05, 3.63) is 89.2 Å². The molecular formula is C26H28F2N4O2. The summed E-state index contributed by atoms with van der Waals surface area (Å²) >= 11 is 0. The molecule has 0 spiro atoms. The maximum Gasteiger partial charge on any atom is 0.274 e. The number of nitrogens with zero attached hydrogens (tertiary/aromatic N) is 4. The van der Waals surface area contributed by atoms with Gasteiger partial charge in [-0.25, -0.2) is 8.78 Å². The van der Waals surface area contributed by atoms with Crippen LogP contribution in [-0.2, 0) is 13.5 Å². The standard InChI is InChI=1S/C26H28F2N4O2/c1-30-13-12-23(29-30)26(34)31(2)24(16-18-6-4-3-5-7-18)19-10-14-32(15-11-19)25(33)20-8-9-21(27)22(28)17-20/h3-9,12-13,17,19,24H,10-11,14-16H2,1-2H3. The molecule has 0 bridgehead atoms. The van der Waals surface area contributed by atoms with Crippen LogP contribution in [0.3, 0.4) is 0 Å². The van der Waals surface area contributed by atoms with Crippen LogP contribution < -0.4 is 0 Å². The van der Waals surface area contributed by atoms with Crippen molar-refractivity contribution in [1.29, 1.82) is 0 Å². The zero-order valence-electron chi connectivity index (χ0n) is 19.3. The lowest BCUT2D eigenvalue weighted by Crippen LogP contribution is -2.48. The number of carbonyl (C=O) groups excluding carboxylic acids is 2. The number of rotatable bonds is 6. The Bertz CT molecular complexity index is 1160. The van der Waals surface area contributed by atoms with E-state index in [-0.39, 0.29) is 29.3 Å². The fourth-order valence-corrected chi connectivity index (χ4v) is 4.63. The van der Waals surface area contributed by atoms with Crippen LogP contribution in [-0.4, -0.2) is 57.6 Å². The summed E-state index contributed by atoms with van der Waals surface area (Å²) in [6.45, 7) is 0.971. The first kappa shape index (κ1) is 23.6. The molecule has 6 nitrogen and oxygen atoms in total. The van der Waals surface area contributed by atoms with Gasteiger partial charge >= 0.3 is 0 Å². The van der Waals surface area contributed by atoms with E-state index < -0.39 is 11.6 Å². The molecule has 2 aromatic carbocycles. The van der Waals surface area contributed by atoms with Gasteiger partial charge < -0.3 is 9.80 Å². The Morgan fingerprint density at radius 3 is 2.38 bits per heavy atom. The summed E-state index contributed by atoms with van der Waals surface area (Å²) < 4.78 is 28.5. The van der Waals surface area contributed by atoms with Gasteiger partial charge in [0.05, 0.1) is 0 Å². The second-order valence-electron chi connectivity index (χ2n) is 8.81. The molecule has 1 atom stereocenters. The number of amides is 2. The Labute approximate surface area is 197 Å². The third-order valence-electron chi connectivity index (χ3n) is 6.58. The molecule has 0 aliphatic carbocycles. The van der Waals surface area contributed by atoms with E-state index in [0.29, 0.717) is 38.0 Å². The Morgan fingerprint density at radius 1 is 1.06 bits per heavy atom. The van der Waals surface area contributed by atoms with Crippen molar-refractivity contribution in [2.24, 2.45) is 13.0 Å². The lowest BCUT2D eigenvalue weighted by molar-refractivity contribution is 0.0518. The van der Waals surface area contributed by atoms with Gasteiger partial charge in [0.2, 0.25) is 0 Å². The number of halogens is 2. The first-order chi connectivity index (χ1) is 16.3. The number of likely N-dealkylation sites (tertiary alicyclic amines) is 1. The normalized spacial score (nSPS) is 15.2. The Hall–Kier alpha value is -3.55. The van der Waals surface area contributed by atoms with Gasteiger partial charge in [0.15, 0.2) is 11.6 Å². The van der Waals surface area contributed by atoms with Crippen LogP contribution in [0.2, 0.25) is 0 Å². The number of benzene rings is 2. The molecule has 0 N–H and O–H groups in total. The number of carbonyl (C=O) groups is 2. The van der Waals surface area contributed by atoms with Crippen molar-refractivity contribution in [2.75, 3.05) is 20.1 Å². The number of likely N-dealkylation sites (N-methyl/N-ethyl adjacent to an activating group) is 1. The van der Waals surface area contributed by atoms with Gasteiger partial charge in [0.25, 0.3) is 11.8 Å². The molecule has 1 aliphatic heterocycles. The topological polar surface area (TPSA) is 58.4 Å². The molecule has 1 unspecified atom stereocenters. The summed E-state index contributed by atoms with van der Waals surface area (Å²) in [5, 5.41) is 4.26. The number of hydrogen-bond acceptors (Lipinski definition) is 3. The van der Waals surface area contributed by atoms with Crippen LogP contribution >= 0.6 is 0 Å². The quantitative estimate of drug-likeness (QED) is 0.553. The summed E-state index contributed by atoms with van der Waals surface area (Å²) in [6.07, 6.45) is 3.84. The van der Waals surface area contributed by atoms with Crippen molar-refractivity contribution >= 4 is 11.8 Å². The SMILES string of the molecule is CN(C(=O)c1ccn(C)n1)C(Cc1ccccc1)C1CCN(C(=O)c2ccc(F)c(F)c2)CC1. The first-order valence-electron chi connectivity index (χ1n) is 11.4. The van der Waals surface area contributed by atoms with E-state index in [1.165, 1.54) is 6.07 Å². The highest BCUT2D eigenvalue weighted by atomic mass is 19.2. The van der Waals surface area contributed by atoms with E-state index in [2.05, 4.69) is 5.10 Å². The molecule has 2 heterocycles. The lowest BCUT2D eigenvalue weighted by Gasteiger charge is -2.40. The molecule has 1 fully saturated rings. The predicted molar refractivity (Wildman–Crippen MR) is 124 cm³/mol. The lowest BCUT2D eigenvalue weighted by atomic mass is 9.84. The van der Waals surface area contributed by atoms with E-state index in [0.717, 1.165) is 17.7 Å².